The number of halogens is 1. The maximum Gasteiger partial charge on any atom is 0.257 e. The molecule has 132 valence electrons. The molecular weight excluding hydrogens is 352 g/mol. The molecule has 1 aliphatic rings. The van der Waals surface area contributed by atoms with Crippen molar-refractivity contribution in [3.63, 3.8) is 0 Å². The first-order valence-corrected chi connectivity index (χ1v) is 8.83. The molecule has 1 aromatic carbocycles. The van der Waals surface area contributed by atoms with Crippen LogP contribution in [-0.2, 0) is 0 Å². The number of carbonyl (C=O) groups is 1. The van der Waals surface area contributed by atoms with Crippen molar-refractivity contribution in [3.05, 3.63) is 64.8 Å². The zero-order valence-corrected chi connectivity index (χ0v) is 15.0. The van der Waals surface area contributed by atoms with Gasteiger partial charge in [0.1, 0.15) is 11.2 Å². The molecule has 0 unspecified atom stereocenters. The topological polar surface area (TPSA) is 72.1 Å². The van der Waals surface area contributed by atoms with Crippen LogP contribution in [0.3, 0.4) is 0 Å². The summed E-state index contributed by atoms with van der Waals surface area (Å²) in [6, 6.07) is 11.0. The van der Waals surface area contributed by atoms with E-state index in [2.05, 4.69) is 15.1 Å². The zero-order chi connectivity index (χ0) is 18.1. The standard InChI is InChI=1S/C19H17ClN4O2/c1-12-5-2-6-13(11-12)17-22-18(26-23-17)15-8-4-10-24(15)19(25)14-7-3-9-21-16(14)20/h2-3,5-7,9,11,15H,4,8,10H2,1H3/t15-/m1/s1. The Hall–Kier alpha value is -2.73. The van der Waals surface area contributed by atoms with E-state index in [1.54, 1.807) is 23.2 Å². The molecule has 0 radical (unpaired) electrons. The second-order valence-corrected chi connectivity index (χ2v) is 6.68. The van der Waals surface area contributed by atoms with Crippen LogP contribution in [0.25, 0.3) is 11.4 Å². The fraction of sp³-hybridized carbons (Fsp3) is 0.263. The molecule has 1 aliphatic heterocycles. The summed E-state index contributed by atoms with van der Waals surface area (Å²) in [5.74, 6) is 0.815. The van der Waals surface area contributed by atoms with Gasteiger partial charge < -0.3 is 9.42 Å². The van der Waals surface area contributed by atoms with Gasteiger partial charge in [-0.3, -0.25) is 4.79 Å². The van der Waals surface area contributed by atoms with E-state index in [0.29, 0.717) is 23.8 Å². The molecule has 4 rings (SSSR count). The summed E-state index contributed by atoms with van der Waals surface area (Å²) in [5.41, 5.74) is 2.41. The van der Waals surface area contributed by atoms with E-state index < -0.39 is 0 Å². The number of carbonyl (C=O) groups excluding carboxylic acids is 1. The maximum absolute atomic E-state index is 12.9. The second-order valence-electron chi connectivity index (χ2n) is 6.32. The fourth-order valence-corrected chi connectivity index (χ4v) is 3.44. The van der Waals surface area contributed by atoms with E-state index in [1.165, 1.54) is 0 Å². The molecule has 3 aromatic rings. The smallest absolute Gasteiger partial charge is 0.257 e. The number of hydrogen-bond donors (Lipinski definition) is 0. The third-order valence-electron chi connectivity index (χ3n) is 4.51. The summed E-state index contributed by atoms with van der Waals surface area (Å²) >= 11 is 6.08. The lowest BCUT2D eigenvalue weighted by Gasteiger charge is -2.22. The Kier molecular flexibility index (Phi) is 4.42. The summed E-state index contributed by atoms with van der Waals surface area (Å²) in [7, 11) is 0. The van der Waals surface area contributed by atoms with Crippen LogP contribution in [0.4, 0.5) is 0 Å². The summed E-state index contributed by atoms with van der Waals surface area (Å²) in [4.78, 5) is 23.1. The van der Waals surface area contributed by atoms with Gasteiger partial charge in [0.05, 0.1) is 5.56 Å². The van der Waals surface area contributed by atoms with Gasteiger partial charge in [-0.25, -0.2) is 4.98 Å². The lowest BCUT2D eigenvalue weighted by atomic mass is 10.1. The normalized spacial score (nSPS) is 16.8. The Balaban J connectivity index is 1.61. The van der Waals surface area contributed by atoms with E-state index in [-0.39, 0.29) is 17.1 Å². The van der Waals surface area contributed by atoms with Crippen molar-refractivity contribution in [1.82, 2.24) is 20.0 Å². The molecule has 0 aliphatic carbocycles. The largest absolute Gasteiger partial charge is 0.337 e. The van der Waals surface area contributed by atoms with Crippen LogP contribution >= 0.6 is 11.6 Å². The Bertz CT molecular complexity index is 956. The van der Waals surface area contributed by atoms with Gasteiger partial charge >= 0.3 is 0 Å². The van der Waals surface area contributed by atoms with Gasteiger partial charge in [-0.1, -0.05) is 40.5 Å². The summed E-state index contributed by atoms with van der Waals surface area (Å²) in [6.45, 7) is 2.64. The van der Waals surface area contributed by atoms with Crippen LogP contribution < -0.4 is 0 Å². The van der Waals surface area contributed by atoms with E-state index in [4.69, 9.17) is 16.1 Å². The molecule has 0 bridgehead atoms. The SMILES string of the molecule is Cc1cccc(-c2noc([C@H]3CCCN3C(=O)c3cccnc3Cl)n2)c1. The first-order chi connectivity index (χ1) is 12.6. The molecule has 2 aromatic heterocycles. The lowest BCUT2D eigenvalue weighted by Crippen LogP contribution is -2.31. The Labute approximate surface area is 155 Å². The Morgan fingerprint density at radius 3 is 3.00 bits per heavy atom. The van der Waals surface area contributed by atoms with Gasteiger partial charge in [-0.05, 0) is 38.0 Å². The van der Waals surface area contributed by atoms with Crippen molar-refractivity contribution in [2.24, 2.45) is 0 Å². The highest BCUT2D eigenvalue weighted by Crippen LogP contribution is 2.34. The predicted octanol–water partition coefficient (Wildman–Crippen LogP) is 4.07. The quantitative estimate of drug-likeness (QED) is 0.651. The monoisotopic (exact) mass is 368 g/mol. The molecule has 1 amide bonds. The molecule has 1 saturated heterocycles. The minimum Gasteiger partial charge on any atom is -0.337 e. The molecular formula is C19H17ClN4O2. The molecule has 7 heteroatoms. The lowest BCUT2D eigenvalue weighted by molar-refractivity contribution is 0.0710. The first-order valence-electron chi connectivity index (χ1n) is 8.45. The van der Waals surface area contributed by atoms with E-state index in [1.807, 2.05) is 31.2 Å². The van der Waals surface area contributed by atoms with Crippen LogP contribution in [0.15, 0.2) is 47.1 Å². The van der Waals surface area contributed by atoms with Gasteiger partial charge in [0.2, 0.25) is 11.7 Å². The van der Waals surface area contributed by atoms with Gasteiger partial charge in [-0.2, -0.15) is 4.98 Å². The van der Waals surface area contributed by atoms with Crippen molar-refractivity contribution in [2.75, 3.05) is 6.54 Å². The van der Waals surface area contributed by atoms with Crippen molar-refractivity contribution in [1.29, 1.82) is 0 Å². The van der Waals surface area contributed by atoms with Gasteiger partial charge in [-0.15, -0.1) is 0 Å². The third-order valence-corrected chi connectivity index (χ3v) is 4.81. The fourth-order valence-electron chi connectivity index (χ4n) is 3.24. The van der Waals surface area contributed by atoms with Crippen LogP contribution in [0.1, 0.15) is 40.7 Å². The Morgan fingerprint density at radius 2 is 2.19 bits per heavy atom. The maximum atomic E-state index is 12.9. The number of rotatable bonds is 3. The summed E-state index contributed by atoms with van der Waals surface area (Å²) in [5, 5.41) is 4.30. The van der Waals surface area contributed by atoms with Crippen LogP contribution in [-0.4, -0.2) is 32.5 Å². The van der Waals surface area contributed by atoms with Crippen LogP contribution in [0.2, 0.25) is 5.15 Å². The molecule has 0 spiro atoms. The number of benzene rings is 1. The van der Waals surface area contributed by atoms with E-state index in [0.717, 1.165) is 24.0 Å². The molecule has 1 fully saturated rings. The summed E-state index contributed by atoms with van der Waals surface area (Å²) in [6.07, 6.45) is 3.21. The number of aromatic nitrogens is 3. The minimum absolute atomic E-state index is 0.166. The number of nitrogens with zero attached hydrogens (tertiary/aromatic N) is 4. The molecule has 1 atom stereocenters. The van der Waals surface area contributed by atoms with Crippen molar-refractivity contribution < 1.29 is 9.32 Å². The Morgan fingerprint density at radius 1 is 1.31 bits per heavy atom. The zero-order valence-electron chi connectivity index (χ0n) is 14.2. The highest BCUT2D eigenvalue weighted by molar-refractivity contribution is 6.32. The highest BCUT2D eigenvalue weighted by atomic mass is 35.5. The average Bonchev–Trinajstić information content (AvgIpc) is 3.31. The number of likely N-dealkylation sites (tertiary alicyclic amines) is 1. The van der Waals surface area contributed by atoms with Crippen molar-refractivity contribution >= 4 is 17.5 Å². The number of pyridine rings is 1. The predicted molar refractivity (Wildman–Crippen MR) is 96.7 cm³/mol. The van der Waals surface area contributed by atoms with Crippen LogP contribution in [0, 0.1) is 6.92 Å². The second kappa shape index (κ2) is 6.88. The van der Waals surface area contributed by atoms with Crippen molar-refractivity contribution in [2.45, 2.75) is 25.8 Å². The number of amides is 1. The van der Waals surface area contributed by atoms with Gasteiger partial charge in [0, 0.05) is 18.3 Å². The summed E-state index contributed by atoms with van der Waals surface area (Å²) < 4.78 is 5.49. The molecule has 0 N–H and O–H groups in total. The number of hydrogen-bond acceptors (Lipinski definition) is 5. The van der Waals surface area contributed by atoms with E-state index >= 15 is 0 Å². The molecule has 0 saturated carbocycles. The molecule has 6 nitrogen and oxygen atoms in total. The third kappa shape index (κ3) is 3.08. The van der Waals surface area contributed by atoms with Gasteiger partial charge in [0.25, 0.3) is 5.91 Å². The first kappa shape index (κ1) is 16.7. The molecule has 26 heavy (non-hydrogen) atoms. The average molecular weight is 369 g/mol. The van der Waals surface area contributed by atoms with Crippen molar-refractivity contribution in [3.8, 4) is 11.4 Å². The minimum atomic E-state index is -0.246. The van der Waals surface area contributed by atoms with E-state index in [9.17, 15) is 4.79 Å². The number of aryl methyl sites for hydroxylation is 1. The highest BCUT2D eigenvalue weighted by Gasteiger charge is 2.35. The molecule has 3 heterocycles. The van der Waals surface area contributed by atoms with Crippen LogP contribution in [0.5, 0.6) is 0 Å². The van der Waals surface area contributed by atoms with Gasteiger partial charge in [0.15, 0.2) is 0 Å².